The van der Waals surface area contributed by atoms with Gasteiger partial charge in [0.1, 0.15) is 0 Å². The van der Waals surface area contributed by atoms with Gasteiger partial charge < -0.3 is 0 Å². The maximum absolute atomic E-state index is 3.29. The van der Waals surface area contributed by atoms with Gasteiger partial charge in [-0.3, -0.25) is 0 Å². The molecule has 0 spiro atoms. The normalized spacial score (nSPS) is 15.5. The molecule has 0 unspecified atom stereocenters. The van der Waals surface area contributed by atoms with E-state index in [1.807, 2.05) is 16.8 Å². The Hall–Kier alpha value is 0.180. The van der Waals surface area contributed by atoms with E-state index in [0.717, 1.165) is 5.92 Å². The summed E-state index contributed by atoms with van der Waals surface area (Å²) in [4.78, 5) is 0. The number of rotatable bonds is 8. The summed E-state index contributed by atoms with van der Waals surface area (Å²) in [5.41, 5.74) is 0. The van der Waals surface area contributed by atoms with Gasteiger partial charge in [0.05, 0.1) is 0 Å². The average Bonchev–Trinajstić information content (AvgIpc) is 2.99. The molecule has 0 aromatic carbocycles. The van der Waals surface area contributed by atoms with Crippen molar-refractivity contribution in [3.8, 4) is 0 Å². The molecule has 21 heavy (non-hydrogen) atoms. The lowest BCUT2D eigenvalue weighted by molar-refractivity contribution is 0.328. The van der Waals surface area contributed by atoms with Gasteiger partial charge in [0, 0.05) is 9.85 Å². The zero-order valence-electron chi connectivity index (χ0n) is 13.8. The second kappa shape index (κ2) is 13.8. The van der Waals surface area contributed by atoms with Gasteiger partial charge in [-0.2, -0.15) is 11.3 Å². The minimum Gasteiger partial charge on any atom is -0.151 e. The first-order valence-electron chi connectivity index (χ1n) is 9.00. The molecule has 1 fully saturated rings. The van der Waals surface area contributed by atoms with Crippen molar-refractivity contribution in [3.63, 3.8) is 0 Å². The minimum atomic E-state index is 1.11. The third kappa shape index (κ3) is 11.4. The number of thiophene rings is 1. The largest absolute Gasteiger partial charge is 0.151 e. The molecule has 1 aliphatic rings. The summed E-state index contributed by atoms with van der Waals surface area (Å²) >= 11 is 4.98. The molecule has 0 N–H and O–H groups in total. The van der Waals surface area contributed by atoms with E-state index in [1.165, 1.54) is 87.9 Å². The van der Waals surface area contributed by atoms with Gasteiger partial charge in [0.25, 0.3) is 0 Å². The number of hydrogen-bond donors (Lipinski definition) is 0. The van der Waals surface area contributed by atoms with Gasteiger partial charge >= 0.3 is 0 Å². The van der Waals surface area contributed by atoms with E-state index < -0.39 is 0 Å². The van der Waals surface area contributed by atoms with Crippen LogP contribution in [-0.2, 0) is 0 Å². The minimum absolute atomic E-state index is 1.11. The Balaban J connectivity index is 0.000000304. The van der Waals surface area contributed by atoms with Gasteiger partial charge in [0.15, 0.2) is 0 Å². The summed E-state index contributed by atoms with van der Waals surface area (Å²) in [5, 5.41) is 4.07. The predicted octanol–water partition coefficient (Wildman–Crippen LogP) is 8.22. The Bertz CT molecular complexity index is 301. The Morgan fingerprint density at radius 1 is 1.00 bits per heavy atom. The fourth-order valence-electron chi connectivity index (χ4n) is 3.11. The molecular weight excluding hydrogens is 340 g/mol. The quantitative estimate of drug-likeness (QED) is 0.403. The molecule has 0 bridgehead atoms. The van der Waals surface area contributed by atoms with Crippen LogP contribution in [0.2, 0.25) is 0 Å². The number of hydrogen-bond acceptors (Lipinski definition) is 1. The van der Waals surface area contributed by atoms with E-state index in [1.54, 1.807) is 11.3 Å². The van der Waals surface area contributed by atoms with Crippen LogP contribution in [-0.4, -0.2) is 0 Å². The zero-order chi connectivity index (χ0) is 15.2. The number of unbranched alkanes of at least 4 members (excludes halogenated alkanes) is 6. The van der Waals surface area contributed by atoms with E-state index in [0.29, 0.717) is 0 Å². The van der Waals surface area contributed by atoms with Crippen molar-refractivity contribution in [1.82, 2.24) is 0 Å². The molecule has 0 radical (unpaired) electrons. The molecule has 1 saturated carbocycles. The first-order valence-corrected chi connectivity index (χ1v) is 10.7. The molecule has 2 rings (SSSR count). The molecule has 1 heterocycles. The Morgan fingerprint density at radius 2 is 1.67 bits per heavy atom. The third-order valence-electron chi connectivity index (χ3n) is 4.43. The zero-order valence-corrected chi connectivity index (χ0v) is 16.2. The van der Waals surface area contributed by atoms with Crippen LogP contribution >= 0.6 is 27.3 Å². The van der Waals surface area contributed by atoms with Gasteiger partial charge in [-0.05, 0) is 33.3 Å². The fourth-order valence-corrected chi connectivity index (χ4v) is 4.26. The highest BCUT2D eigenvalue weighted by molar-refractivity contribution is 9.10. The van der Waals surface area contributed by atoms with Crippen LogP contribution in [0.4, 0.5) is 0 Å². The highest BCUT2D eigenvalue weighted by Gasteiger charge is 2.12. The molecular formula is C19H33BrS. The van der Waals surface area contributed by atoms with Gasteiger partial charge in [-0.1, -0.05) is 90.4 Å². The molecule has 0 nitrogen and oxygen atoms in total. The van der Waals surface area contributed by atoms with Crippen molar-refractivity contribution >= 4 is 27.3 Å². The Morgan fingerprint density at radius 3 is 2.19 bits per heavy atom. The SMILES string of the molecule is Brc1ccsc1.CCCCCCCCCC1CCCCC1. The highest BCUT2D eigenvalue weighted by Crippen LogP contribution is 2.28. The van der Waals surface area contributed by atoms with Crippen LogP contribution in [0.25, 0.3) is 0 Å². The maximum atomic E-state index is 3.29. The van der Waals surface area contributed by atoms with Crippen molar-refractivity contribution in [2.24, 2.45) is 5.92 Å². The molecule has 122 valence electrons. The summed E-state index contributed by atoms with van der Waals surface area (Å²) in [6, 6.07) is 2.02. The topological polar surface area (TPSA) is 0 Å². The standard InChI is InChI=1S/C15H30.C4H3BrS/c1-2-3-4-5-6-7-9-12-15-13-10-8-11-14-15;5-4-1-2-6-3-4/h15H,2-14H2,1H3;1-3H. The molecule has 0 aliphatic heterocycles. The summed E-state index contributed by atoms with van der Waals surface area (Å²) in [6.07, 6.45) is 19.4. The van der Waals surface area contributed by atoms with Crippen molar-refractivity contribution < 1.29 is 0 Å². The first kappa shape index (κ1) is 19.2. The third-order valence-corrected chi connectivity index (χ3v) is 5.91. The fraction of sp³-hybridized carbons (Fsp3) is 0.789. The van der Waals surface area contributed by atoms with E-state index in [2.05, 4.69) is 22.9 Å². The van der Waals surface area contributed by atoms with Crippen molar-refractivity contribution in [2.45, 2.75) is 90.4 Å². The molecule has 1 aliphatic carbocycles. The lowest BCUT2D eigenvalue weighted by atomic mass is 9.85. The van der Waals surface area contributed by atoms with Crippen LogP contribution in [0.1, 0.15) is 90.4 Å². The lowest BCUT2D eigenvalue weighted by Gasteiger charge is -2.21. The Labute approximate surface area is 144 Å². The smallest absolute Gasteiger partial charge is 0.0282 e. The van der Waals surface area contributed by atoms with Crippen molar-refractivity contribution in [2.75, 3.05) is 0 Å². The summed E-state index contributed by atoms with van der Waals surface area (Å²) < 4.78 is 1.17. The highest BCUT2D eigenvalue weighted by atomic mass is 79.9. The molecule has 2 heteroatoms. The van der Waals surface area contributed by atoms with Crippen LogP contribution < -0.4 is 0 Å². The number of halogens is 1. The van der Waals surface area contributed by atoms with Crippen molar-refractivity contribution in [3.05, 3.63) is 21.3 Å². The van der Waals surface area contributed by atoms with E-state index >= 15 is 0 Å². The van der Waals surface area contributed by atoms with Crippen LogP contribution in [0, 0.1) is 5.92 Å². The van der Waals surface area contributed by atoms with Crippen molar-refractivity contribution in [1.29, 1.82) is 0 Å². The van der Waals surface area contributed by atoms with Gasteiger partial charge in [0.2, 0.25) is 0 Å². The predicted molar refractivity (Wildman–Crippen MR) is 101 cm³/mol. The van der Waals surface area contributed by atoms with Gasteiger partial charge in [-0.25, -0.2) is 0 Å². The summed E-state index contributed by atoms with van der Waals surface area (Å²) in [7, 11) is 0. The second-order valence-corrected chi connectivity index (χ2v) is 8.05. The van der Waals surface area contributed by atoms with E-state index in [-0.39, 0.29) is 0 Å². The second-order valence-electron chi connectivity index (χ2n) is 6.36. The van der Waals surface area contributed by atoms with Gasteiger partial charge in [-0.15, -0.1) is 0 Å². The van der Waals surface area contributed by atoms with E-state index in [4.69, 9.17) is 0 Å². The summed E-state index contributed by atoms with van der Waals surface area (Å²) in [6.45, 7) is 2.29. The van der Waals surface area contributed by atoms with E-state index in [9.17, 15) is 0 Å². The maximum Gasteiger partial charge on any atom is 0.0282 e. The summed E-state index contributed by atoms with van der Waals surface area (Å²) in [5.74, 6) is 1.11. The monoisotopic (exact) mass is 372 g/mol. The van der Waals surface area contributed by atoms with Crippen LogP contribution in [0.5, 0.6) is 0 Å². The first-order chi connectivity index (χ1) is 10.3. The molecule has 0 atom stereocenters. The molecule has 0 saturated heterocycles. The van der Waals surface area contributed by atoms with Crippen LogP contribution in [0.15, 0.2) is 21.3 Å². The Kier molecular flexibility index (Phi) is 12.6. The van der Waals surface area contributed by atoms with Crippen LogP contribution in [0.3, 0.4) is 0 Å². The molecule has 0 amide bonds. The molecule has 1 aromatic heterocycles. The lowest BCUT2D eigenvalue weighted by Crippen LogP contribution is -2.05. The molecule has 1 aromatic rings. The average molecular weight is 373 g/mol.